The van der Waals surface area contributed by atoms with Crippen molar-refractivity contribution < 1.29 is 0 Å². The van der Waals surface area contributed by atoms with Gasteiger partial charge < -0.3 is 5.32 Å². The lowest BCUT2D eigenvalue weighted by atomic mass is 10.1. The summed E-state index contributed by atoms with van der Waals surface area (Å²) in [5.41, 5.74) is 1.94. The van der Waals surface area contributed by atoms with Crippen LogP contribution in [0.1, 0.15) is 26.7 Å². The standard InChI is InChI=1S/C13H20N2/c1-4-6-12(8-9-15-3)10-13(11-14)7-5-2/h4,6-7,10,15H,5,8-9H2,1-3H3/b6-4-,12-10+,13-7-. The minimum atomic E-state index is 0.752. The summed E-state index contributed by atoms with van der Waals surface area (Å²) < 4.78 is 0. The molecule has 0 aromatic carbocycles. The molecule has 0 saturated heterocycles. The first-order chi connectivity index (χ1) is 7.28. The van der Waals surface area contributed by atoms with E-state index in [2.05, 4.69) is 17.5 Å². The third kappa shape index (κ3) is 6.70. The van der Waals surface area contributed by atoms with Gasteiger partial charge in [-0.15, -0.1) is 0 Å². The Morgan fingerprint density at radius 3 is 2.67 bits per heavy atom. The smallest absolute Gasteiger partial charge is 0.0988 e. The van der Waals surface area contributed by atoms with Crippen molar-refractivity contribution in [2.24, 2.45) is 0 Å². The van der Waals surface area contributed by atoms with Gasteiger partial charge in [0.25, 0.3) is 0 Å². The van der Waals surface area contributed by atoms with E-state index in [1.165, 1.54) is 5.57 Å². The Balaban J connectivity index is 4.65. The molecule has 0 bridgehead atoms. The topological polar surface area (TPSA) is 35.8 Å². The summed E-state index contributed by atoms with van der Waals surface area (Å²) in [5.74, 6) is 0. The third-order valence-electron chi connectivity index (χ3n) is 1.94. The van der Waals surface area contributed by atoms with Crippen molar-refractivity contribution >= 4 is 0 Å². The second-order valence-corrected chi connectivity index (χ2v) is 3.25. The molecule has 0 saturated carbocycles. The van der Waals surface area contributed by atoms with E-state index in [0.29, 0.717) is 0 Å². The van der Waals surface area contributed by atoms with Crippen LogP contribution < -0.4 is 5.32 Å². The highest BCUT2D eigenvalue weighted by atomic mass is 14.8. The second kappa shape index (κ2) is 9.23. The number of hydrogen-bond donors (Lipinski definition) is 1. The number of nitrogens with zero attached hydrogens (tertiary/aromatic N) is 1. The average Bonchev–Trinajstić information content (AvgIpc) is 2.25. The molecule has 0 aliphatic rings. The van der Waals surface area contributed by atoms with Crippen LogP contribution in [0.2, 0.25) is 0 Å². The molecular weight excluding hydrogens is 184 g/mol. The molecule has 0 aromatic heterocycles. The molecule has 82 valence electrons. The van der Waals surface area contributed by atoms with Crippen molar-refractivity contribution in [3.05, 3.63) is 35.5 Å². The molecule has 0 spiro atoms. The van der Waals surface area contributed by atoms with Gasteiger partial charge in [0.15, 0.2) is 0 Å². The Hall–Kier alpha value is -1.33. The Kier molecular flexibility index (Phi) is 8.42. The Bertz CT molecular complexity index is 290. The van der Waals surface area contributed by atoms with E-state index < -0.39 is 0 Å². The Labute approximate surface area is 93.0 Å². The SMILES string of the molecule is C\C=C/C(=C\C(C#N)=C\CC)CCNC. The molecule has 1 N–H and O–H groups in total. The molecule has 0 radical (unpaired) electrons. The number of allylic oxidation sites excluding steroid dienone is 5. The fourth-order valence-electron chi connectivity index (χ4n) is 1.24. The summed E-state index contributed by atoms with van der Waals surface area (Å²) >= 11 is 0. The predicted molar refractivity (Wildman–Crippen MR) is 65.4 cm³/mol. The molecule has 0 aliphatic heterocycles. The Morgan fingerprint density at radius 2 is 2.20 bits per heavy atom. The summed E-state index contributed by atoms with van der Waals surface area (Å²) in [5, 5.41) is 12.0. The van der Waals surface area contributed by atoms with Crippen LogP contribution in [0.25, 0.3) is 0 Å². The molecule has 0 aromatic rings. The fraction of sp³-hybridized carbons (Fsp3) is 0.462. The molecular formula is C13H20N2. The first kappa shape index (κ1) is 13.7. The highest BCUT2D eigenvalue weighted by Gasteiger charge is 1.94. The zero-order valence-corrected chi connectivity index (χ0v) is 9.88. The molecule has 2 heteroatoms. The minimum absolute atomic E-state index is 0.752. The van der Waals surface area contributed by atoms with E-state index >= 15 is 0 Å². The van der Waals surface area contributed by atoms with Crippen LogP contribution in [0.15, 0.2) is 35.5 Å². The van der Waals surface area contributed by atoms with Gasteiger partial charge in [-0.3, -0.25) is 0 Å². The van der Waals surface area contributed by atoms with Crippen LogP contribution in [-0.4, -0.2) is 13.6 Å². The maximum absolute atomic E-state index is 8.90. The molecule has 2 nitrogen and oxygen atoms in total. The summed E-state index contributed by atoms with van der Waals surface area (Å²) in [4.78, 5) is 0. The zero-order valence-electron chi connectivity index (χ0n) is 9.88. The zero-order chi connectivity index (χ0) is 11.5. The molecule has 0 aliphatic carbocycles. The van der Waals surface area contributed by atoms with Gasteiger partial charge in [-0.1, -0.05) is 25.2 Å². The lowest BCUT2D eigenvalue weighted by molar-refractivity contribution is 0.793. The summed E-state index contributed by atoms with van der Waals surface area (Å²) in [7, 11) is 1.93. The molecule has 15 heavy (non-hydrogen) atoms. The first-order valence-corrected chi connectivity index (χ1v) is 5.36. The number of nitriles is 1. The molecule has 0 amide bonds. The van der Waals surface area contributed by atoms with Gasteiger partial charge in [-0.05, 0) is 45.0 Å². The molecule has 0 fully saturated rings. The highest BCUT2D eigenvalue weighted by molar-refractivity contribution is 5.38. The lowest BCUT2D eigenvalue weighted by Crippen LogP contribution is -2.07. The van der Waals surface area contributed by atoms with E-state index in [-0.39, 0.29) is 0 Å². The first-order valence-electron chi connectivity index (χ1n) is 5.36. The van der Waals surface area contributed by atoms with E-state index in [1.54, 1.807) is 0 Å². The van der Waals surface area contributed by atoms with Gasteiger partial charge in [-0.25, -0.2) is 0 Å². The number of nitrogens with one attached hydrogen (secondary N) is 1. The number of rotatable bonds is 6. The molecule has 0 unspecified atom stereocenters. The van der Waals surface area contributed by atoms with E-state index in [4.69, 9.17) is 5.26 Å². The van der Waals surface area contributed by atoms with Gasteiger partial charge in [0, 0.05) is 5.57 Å². The number of hydrogen-bond acceptors (Lipinski definition) is 2. The van der Waals surface area contributed by atoms with Gasteiger partial charge in [0.2, 0.25) is 0 Å². The largest absolute Gasteiger partial charge is 0.319 e. The maximum atomic E-state index is 8.90. The summed E-state index contributed by atoms with van der Waals surface area (Å²) in [6.07, 6.45) is 9.81. The van der Waals surface area contributed by atoms with Crippen molar-refractivity contribution in [2.45, 2.75) is 26.7 Å². The van der Waals surface area contributed by atoms with Crippen molar-refractivity contribution in [3.8, 4) is 6.07 Å². The molecule has 0 heterocycles. The summed E-state index contributed by atoms with van der Waals surface area (Å²) in [6, 6.07) is 2.20. The second-order valence-electron chi connectivity index (χ2n) is 3.25. The van der Waals surface area contributed by atoms with E-state index in [9.17, 15) is 0 Å². The normalized spacial score (nSPS) is 13.2. The average molecular weight is 204 g/mol. The van der Waals surface area contributed by atoms with Crippen molar-refractivity contribution in [2.75, 3.05) is 13.6 Å². The minimum Gasteiger partial charge on any atom is -0.319 e. The van der Waals surface area contributed by atoms with Crippen molar-refractivity contribution in [1.29, 1.82) is 5.26 Å². The van der Waals surface area contributed by atoms with E-state index in [0.717, 1.165) is 25.0 Å². The Morgan fingerprint density at radius 1 is 1.47 bits per heavy atom. The quantitative estimate of drug-likeness (QED) is 0.533. The summed E-state index contributed by atoms with van der Waals surface area (Å²) in [6.45, 7) is 4.96. The van der Waals surface area contributed by atoms with Gasteiger partial charge in [0.05, 0.1) is 6.07 Å². The molecule has 0 rings (SSSR count). The van der Waals surface area contributed by atoms with Crippen LogP contribution in [0.5, 0.6) is 0 Å². The van der Waals surface area contributed by atoms with E-state index in [1.807, 2.05) is 39.1 Å². The monoisotopic (exact) mass is 204 g/mol. The maximum Gasteiger partial charge on any atom is 0.0988 e. The molecule has 0 atom stereocenters. The lowest BCUT2D eigenvalue weighted by Gasteiger charge is -2.01. The predicted octanol–water partition coefficient (Wildman–Crippen LogP) is 2.96. The fourth-order valence-corrected chi connectivity index (χ4v) is 1.24. The van der Waals surface area contributed by atoms with Crippen LogP contribution in [0, 0.1) is 11.3 Å². The highest BCUT2D eigenvalue weighted by Crippen LogP contribution is 2.08. The van der Waals surface area contributed by atoms with Crippen LogP contribution in [-0.2, 0) is 0 Å². The van der Waals surface area contributed by atoms with Crippen molar-refractivity contribution in [1.82, 2.24) is 5.32 Å². The van der Waals surface area contributed by atoms with Crippen LogP contribution in [0.4, 0.5) is 0 Å². The van der Waals surface area contributed by atoms with Gasteiger partial charge in [0.1, 0.15) is 0 Å². The van der Waals surface area contributed by atoms with Crippen LogP contribution >= 0.6 is 0 Å². The van der Waals surface area contributed by atoms with Gasteiger partial charge in [-0.2, -0.15) is 5.26 Å². The third-order valence-corrected chi connectivity index (χ3v) is 1.94. The van der Waals surface area contributed by atoms with Crippen LogP contribution in [0.3, 0.4) is 0 Å². The van der Waals surface area contributed by atoms with Gasteiger partial charge >= 0.3 is 0 Å². The van der Waals surface area contributed by atoms with Crippen molar-refractivity contribution in [3.63, 3.8) is 0 Å².